The largest absolute Gasteiger partial charge is 0.480 e. The number of pyridine rings is 1. The van der Waals surface area contributed by atoms with E-state index >= 15 is 0 Å². The molecule has 0 unspecified atom stereocenters. The first-order chi connectivity index (χ1) is 10.2. The Bertz CT molecular complexity index is 669. The molecule has 1 aliphatic rings. The normalized spacial score (nSPS) is 17.9. The number of hydrogen-bond donors (Lipinski definition) is 1. The lowest BCUT2D eigenvalue weighted by Crippen LogP contribution is -2.40. The van der Waals surface area contributed by atoms with E-state index in [0.29, 0.717) is 25.1 Å². The molecule has 21 heavy (non-hydrogen) atoms. The van der Waals surface area contributed by atoms with Gasteiger partial charge in [0.1, 0.15) is 11.7 Å². The molecule has 1 N–H and O–H groups in total. The van der Waals surface area contributed by atoms with Crippen molar-refractivity contribution >= 4 is 11.9 Å². The molecule has 3 rings (SSSR count). The molecule has 0 radical (unpaired) electrons. The maximum Gasteiger partial charge on any atom is 0.326 e. The van der Waals surface area contributed by atoms with Crippen molar-refractivity contribution in [2.24, 2.45) is 0 Å². The zero-order valence-corrected chi connectivity index (χ0v) is 11.2. The number of likely N-dealkylation sites (tertiary alicyclic amines) is 1. The number of carboxylic acid groups (broad SMARTS) is 1. The van der Waals surface area contributed by atoms with Crippen LogP contribution in [0.15, 0.2) is 36.8 Å². The van der Waals surface area contributed by atoms with Gasteiger partial charge in [0.15, 0.2) is 0 Å². The van der Waals surface area contributed by atoms with Crippen molar-refractivity contribution in [2.45, 2.75) is 18.9 Å². The van der Waals surface area contributed by atoms with Crippen LogP contribution in [0.2, 0.25) is 0 Å². The average molecular weight is 286 g/mol. The van der Waals surface area contributed by atoms with Crippen molar-refractivity contribution in [3.8, 4) is 5.69 Å². The molecule has 3 heterocycles. The number of amides is 1. The molecule has 2 aromatic heterocycles. The van der Waals surface area contributed by atoms with Gasteiger partial charge in [-0.05, 0) is 31.0 Å². The monoisotopic (exact) mass is 286 g/mol. The van der Waals surface area contributed by atoms with Crippen LogP contribution < -0.4 is 0 Å². The minimum atomic E-state index is -0.968. The second kappa shape index (κ2) is 5.35. The van der Waals surface area contributed by atoms with Crippen LogP contribution >= 0.6 is 0 Å². The van der Waals surface area contributed by atoms with Crippen molar-refractivity contribution in [1.29, 1.82) is 0 Å². The number of aromatic nitrogens is 3. The van der Waals surface area contributed by atoms with E-state index in [-0.39, 0.29) is 11.6 Å². The summed E-state index contributed by atoms with van der Waals surface area (Å²) in [6.45, 7) is 0.448. The maximum atomic E-state index is 12.5. The van der Waals surface area contributed by atoms with Crippen LogP contribution in [0.5, 0.6) is 0 Å². The number of carboxylic acids is 1. The Balaban J connectivity index is 1.88. The highest BCUT2D eigenvalue weighted by Gasteiger charge is 2.34. The van der Waals surface area contributed by atoms with E-state index in [9.17, 15) is 9.59 Å². The van der Waals surface area contributed by atoms with Crippen LogP contribution in [0.25, 0.3) is 5.69 Å². The van der Waals surface area contributed by atoms with Gasteiger partial charge in [-0.3, -0.25) is 9.78 Å². The summed E-state index contributed by atoms with van der Waals surface area (Å²) >= 11 is 0. The van der Waals surface area contributed by atoms with Crippen molar-refractivity contribution < 1.29 is 14.7 Å². The highest BCUT2D eigenvalue weighted by atomic mass is 16.4. The molecule has 0 saturated carbocycles. The zero-order chi connectivity index (χ0) is 14.8. The van der Waals surface area contributed by atoms with E-state index in [1.165, 1.54) is 11.1 Å². The average Bonchev–Trinajstić information content (AvgIpc) is 3.17. The Kier molecular flexibility index (Phi) is 3.39. The molecular weight excluding hydrogens is 272 g/mol. The van der Waals surface area contributed by atoms with Gasteiger partial charge >= 0.3 is 5.97 Å². The zero-order valence-electron chi connectivity index (χ0n) is 11.2. The van der Waals surface area contributed by atoms with E-state index in [0.717, 1.165) is 0 Å². The van der Waals surface area contributed by atoms with E-state index in [1.807, 2.05) is 0 Å². The summed E-state index contributed by atoms with van der Waals surface area (Å²) in [6, 6.07) is 4.38. The van der Waals surface area contributed by atoms with Crippen LogP contribution in [0.3, 0.4) is 0 Å². The summed E-state index contributed by atoms with van der Waals surface area (Å²) in [6.07, 6.45) is 6.11. The molecular formula is C14H14N4O3. The number of hydrogen-bond acceptors (Lipinski definition) is 4. The molecule has 0 aromatic carbocycles. The number of carbonyl (C=O) groups excluding carboxylic acids is 1. The molecule has 0 bridgehead atoms. The number of rotatable bonds is 3. The Labute approximate surface area is 120 Å². The third kappa shape index (κ3) is 2.49. The van der Waals surface area contributed by atoms with Gasteiger partial charge in [0.25, 0.3) is 5.91 Å². The summed E-state index contributed by atoms with van der Waals surface area (Å²) in [7, 11) is 0. The minimum absolute atomic E-state index is 0.233. The fourth-order valence-corrected chi connectivity index (χ4v) is 2.51. The van der Waals surface area contributed by atoms with Crippen LogP contribution in [-0.2, 0) is 4.79 Å². The van der Waals surface area contributed by atoms with Gasteiger partial charge < -0.3 is 10.0 Å². The topological polar surface area (TPSA) is 88.3 Å². The molecule has 7 nitrogen and oxygen atoms in total. The van der Waals surface area contributed by atoms with Crippen LogP contribution in [-0.4, -0.2) is 49.2 Å². The summed E-state index contributed by atoms with van der Waals surface area (Å²) in [5.74, 6) is -1.32. The van der Waals surface area contributed by atoms with Gasteiger partial charge in [-0.15, -0.1) is 0 Å². The molecule has 0 aliphatic carbocycles. The lowest BCUT2D eigenvalue weighted by Gasteiger charge is -2.21. The SMILES string of the molecule is O=C(O)[C@H]1CCCN1C(=O)c1cc(-n2cccn2)ccn1. The van der Waals surface area contributed by atoms with E-state index in [4.69, 9.17) is 5.11 Å². The molecule has 1 aliphatic heterocycles. The van der Waals surface area contributed by atoms with Crippen molar-refractivity contribution in [1.82, 2.24) is 19.7 Å². The van der Waals surface area contributed by atoms with Crippen LogP contribution in [0.4, 0.5) is 0 Å². The second-order valence-corrected chi connectivity index (χ2v) is 4.84. The summed E-state index contributed by atoms with van der Waals surface area (Å²) in [4.78, 5) is 29.1. The Hall–Kier alpha value is -2.70. The summed E-state index contributed by atoms with van der Waals surface area (Å²) in [5.41, 5.74) is 0.945. The Morgan fingerprint density at radius 3 is 2.90 bits per heavy atom. The van der Waals surface area contributed by atoms with E-state index in [1.54, 1.807) is 35.3 Å². The van der Waals surface area contributed by atoms with Gasteiger partial charge in [0.05, 0.1) is 5.69 Å². The molecule has 0 spiro atoms. The summed E-state index contributed by atoms with van der Waals surface area (Å²) in [5, 5.41) is 13.3. The lowest BCUT2D eigenvalue weighted by molar-refractivity contribution is -0.141. The number of aliphatic carboxylic acids is 1. The van der Waals surface area contributed by atoms with Crippen LogP contribution in [0.1, 0.15) is 23.3 Å². The fraction of sp³-hybridized carbons (Fsp3) is 0.286. The van der Waals surface area contributed by atoms with Crippen molar-refractivity contribution in [3.05, 3.63) is 42.5 Å². The molecule has 2 aromatic rings. The van der Waals surface area contributed by atoms with Crippen LogP contribution in [0, 0.1) is 0 Å². The molecule has 1 atom stereocenters. The van der Waals surface area contributed by atoms with Gasteiger partial charge in [0, 0.05) is 25.1 Å². The first-order valence-electron chi connectivity index (χ1n) is 6.66. The molecule has 1 amide bonds. The lowest BCUT2D eigenvalue weighted by atomic mass is 10.2. The third-order valence-electron chi connectivity index (χ3n) is 3.53. The fourth-order valence-electron chi connectivity index (χ4n) is 2.51. The minimum Gasteiger partial charge on any atom is -0.480 e. The summed E-state index contributed by atoms with van der Waals surface area (Å²) < 4.78 is 1.62. The first kappa shape index (κ1) is 13.3. The maximum absolute atomic E-state index is 12.5. The molecule has 108 valence electrons. The first-order valence-corrected chi connectivity index (χ1v) is 6.66. The number of carbonyl (C=O) groups is 2. The smallest absolute Gasteiger partial charge is 0.326 e. The van der Waals surface area contributed by atoms with Gasteiger partial charge in [-0.2, -0.15) is 5.10 Å². The predicted molar refractivity (Wildman–Crippen MR) is 73.1 cm³/mol. The molecule has 1 fully saturated rings. The van der Waals surface area contributed by atoms with E-state index in [2.05, 4.69) is 10.1 Å². The predicted octanol–water partition coefficient (Wildman–Crippen LogP) is 0.957. The molecule has 7 heteroatoms. The third-order valence-corrected chi connectivity index (χ3v) is 3.53. The Morgan fingerprint density at radius 1 is 1.33 bits per heavy atom. The van der Waals surface area contributed by atoms with Gasteiger partial charge in [-0.1, -0.05) is 0 Å². The highest BCUT2D eigenvalue weighted by Crippen LogP contribution is 2.20. The second-order valence-electron chi connectivity index (χ2n) is 4.84. The molecule has 1 saturated heterocycles. The van der Waals surface area contributed by atoms with Crippen molar-refractivity contribution in [2.75, 3.05) is 6.54 Å². The van der Waals surface area contributed by atoms with E-state index < -0.39 is 12.0 Å². The van der Waals surface area contributed by atoms with Gasteiger partial charge in [0.2, 0.25) is 0 Å². The van der Waals surface area contributed by atoms with Crippen molar-refractivity contribution in [3.63, 3.8) is 0 Å². The van der Waals surface area contributed by atoms with Gasteiger partial charge in [-0.25, -0.2) is 9.48 Å². The Morgan fingerprint density at radius 2 is 2.19 bits per heavy atom. The quantitative estimate of drug-likeness (QED) is 0.907. The number of nitrogens with zero attached hydrogens (tertiary/aromatic N) is 4. The highest BCUT2D eigenvalue weighted by molar-refractivity contribution is 5.95. The standard InChI is InChI=1S/C14H14N4O3/c19-13(17-7-1-3-12(17)14(20)21)11-9-10(4-6-15-11)18-8-2-5-16-18/h2,4-6,8-9,12H,1,3,7H2,(H,20,21)/t12-/m1/s1.